The molecule has 98 valence electrons. The number of rotatable bonds is 5. The number of nitrogens with zero attached hydrogens (tertiary/aromatic N) is 1. The number of aliphatic hydroxyl groups excluding tert-OH is 1. The summed E-state index contributed by atoms with van der Waals surface area (Å²) in [7, 11) is 0. The smallest absolute Gasteiger partial charge is 0.337 e. The summed E-state index contributed by atoms with van der Waals surface area (Å²) in [5, 5.41) is 18.0. The lowest BCUT2D eigenvalue weighted by Crippen LogP contribution is -2.30. The Balaban J connectivity index is 2.89. The molecule has 0 saturated heterocycles. The maximum absolute atomic E-state index is 12.0. The quantitative estimate of drug-likeness (QED) is 0.826. The van der Waals surface area contributed by atoms with E-state index in [-0.39, 0.29) is 11.5 Å². The predicted molar refractivity (Wildman–Crippen MR) is 66.3 cm³/mol. The Morgan fingerprint density at radius 1 is 1.17 bits per heavy atom. The van der Waals surface area contributed by atoms with Crippen LogP contribution < -0.4 is 0 Å². The zero-order chi connectivity index (χ0) is 13.7. The molecule has 18 heavy (non-hydrogen) atoms. The van der Waals surface area contributed by atoms with Crippen molar-refractivity contribution in [2.24, 2.45) is 0 Å². The van der Waals surface area contributed by atoms with E-state index in [0.29, 0.717) is 18.7 Å². The van der Waals surface area contributed by atoms with Crippen LogP contribution in [0.3, 0.4) is 0 Å². The SMILES string of the molecule is CCN(CC)C(=O)c1ccc([C@H](O)C(=O)O)cc1. The van der Waals surface area contributed by atoms with Crippen molar-refractivity contribution in [3.8, 4) is 0 Å². The fourth-order valence-electron chi connectivity index (χ4n) is 1.64. The van der Waals surface area contributed by atoms with Gasteiger partial charge in [0, 0.05) is 18.7 Å². The highest BCUT2D eigenvalue weighted by molar-refractivity contribution is 5.94. The topological polar surface area (TPSA) is 77.8 Å². The Morgan fingerprint density at radius 3 is 2.06 bits per heavy atom. The molecule has 5 heteroatoms. The molecule has 0 aliphatic heterocycles. The van der Waals surface area contributed by atoms with Crippen molar-refractivity contribution in [2.45, 2.75) is 20.0 Å². The highest BCUT2D eigenvalue weighted by Gasteiger charge is 2.17. The third kappa shape index (κ3) is 3.07. The standard InChI is InChI=1S/C13H17NO4/c1-3-14(4-2)12(16)10-7-5-9(6-8-10)11(15)13(17)18/h5-8,11,15H,3-4H2,1-2H3,(H,17,18)/t11-/m0/s1. The van der Waals surface area contributed by atoms with Crippen LogP contribution in [-0.4, -0.2) is 40.1 Å². The summed E-state index contributed by atoms with van der Waals surface area (Å²) in [5.74, 6) is -1.41. The fraction of sp³-hybridized carbons (Fsp3) is 0.385. The highest BCUT2D eigenvalue weighted by Crippen LogP contribution is 2.15. The van der Waals surface area contributed by atoms with Crippen molar-refractivity contribution in [2.75, 3.05) is 13.1 Å². The van der Waals surface area contributed by atoms with Crippen molar-refractivity contribution in [1.29, 1.82) is 0 Å². The van der Waals surface area contributed by atoms with Gasteiger partial charge in [-0.2, -0.15) is 0 Å². The third-order valence-corrected chi connectivity index (χ3v) is 2.76. The van der Waals surface area contributed by atoms with Crippen LogP contribution in [0.5, 0.6) is 0 Å². The molecule has 1 amide bonds. The van der Waals surface area contributed by atoms with E-state index in [1.807, 2.05) is 13.8 Å². The largest absolute Gasteiger partial charge is 0.479 e. The normalized spacial score (nSPS) is 11.9. The number of amides is 1. The Labute approximate surface area is 106 Å². The number of hydrogen-bond donors (Lipinski definition) is 2. The van der Waals surface area contributed by atoms with Gasteiger partial charge in [0.15, 0.2) is 6.10 Å². The summed E-state index contributed by atoms with van der Waals surface area (Å²) in [4.78, 5) is 24.2. The molecule has 5 nitrogen and oxygen atoms in total. The zero-order valence-electron chi connectivity index (χ0n) is 10.5. The Hall–Kier alpha value is -1.88. The number of benzene rings is 1. The van der Waals surface area contributed by atoms with Crippen LogP contribution in [0.2, 0.25) is 0 Å². The highest BCUT2D eigenvalue weighted by atomic mass is 16.4. The van der Waals surface area contributed by atoms with Gasteiger partial charge in [-0.25, -0.2) is 4.79 Å². The van der Waals surface area contributed by atoms with E-state index >= 15 is 0 Å². The molecular formula is C13H17NO4. The molecule has 0 heterocycles. The van der Waals surface area contributed by atoms with Gasteiger partial charge in [0.1, 0.15) is 0 Å². The molecule has 2 N–H and O–H groups in total. The Bertz CT molecular complexity index is 423. The molecule has 1 aromatic rings. The van der Waals surface area contributed by atoms with Crippen molar-refractivity contribution < 1.29 is 19.8 Å². The van der Waals surface area contributed by atoms with E-state index in [9.17, 15) is 14.7 Å². The van der Waals surface area contributed by atoms with E-state index in [0.717, 1.165) is 0 Å². The van der Waals surface area contributed by atoms with Crippen molar-refractivity contribution in [1.82, 2.24) is 4.90 Å². The monoisotopic (exact) mass is 251 g/mol. The molecule has 1 rings (SSSR count). The molecule has 0 fully saturated rings. The van der Waals surface area contributed by atoms with Gasteiger partial charge >= 0.3 is 5.97 Å². The van der Waals surface area contributed by atoms with Crippen LogP contribution in [0, 0.1) is 0 Å². The molecule has 0 saturated carbocycles. The molecule has 0 radical (unpaired) electrons. The van der Waals surface area contributed by atoms with Crippen molar-refractivity contribution in [3.63, 3.8) is 0 Å². The summed E-state index contributed by atoms with van der Waals surface area (Å²) in [6.07, 6.45) is -1.55. The lowest BCUT2D eigenvalue weighted by Gasteiger charge is -2.18. The first-order valence-corrected chi connectivity index (χ1v) is 5.81. The second-order valence-electron chi connectivity index (χ2n) is 3.84. The number of aliphatic hydroxyl groups is 1. The maximum atomic E-state index is 12.0. The molecule has 0 aromatic heterocycles. The van der Waals surface area contributed by atoms with Crippen molar-refractivity contribution in [3.05, 3.63) is 35.4 Å². The average Bonchev–Trinajstić information content (AvgIpc) is 2.39. The van der Waals surface area contributed by atoms with Crippen molar-refractivity contribution >= 4 is 11.9 Å². The molecule has 0 aliphatic rings. The minimum Gasteiger partial charge on any atom is -0.479 e. The third-order valence-electron chi connectivity index (χ3n) is 2.76. The molecule has 0 unspecified atom stereocenters. The number of carbonyl (C=O) groups is 2. The van der Waals surface area contributed by atoms with Crippen LogP contribution in [0.4, 0.5) is 0 Å². The fourth-order valence-corrected chi connectivity index (χ4v) is 1.64. The first kappa shape index (κ1) is 14.2. The summed E-state index contributed by atoms with van der Waals surface area (Å²) in [6.45, 7) is 5.03. The van der Waals surface area contributed by atoms with Crippen LogP contribution in [0.25, 0.3) is 0 Å². The van der Waals surface area contributed by atoms with Gasteiger partial charge in [0.2, 0.25) is 0 Å². The second-order valence-corrected chi connectivity index (χ2v) is 3.84. The number of hydrogen-bond acceptors (Lipinski definition) is 3. The Morgan fingerprint density at radius 2 is 1.67 bits per heavy atom. The van der Waals surface area contributed by atoms with E-state index in [2.05, 4.69) is 0 Å². The van der Waals surface area contributed by atoms with Gasteiger partial charge in [-0.05, 0) is 31.5 Å². The first-order valence-electron chi connectivity index (χ1n) is 5.81. The second kappa shape index (κ2) is 6.16. The van der Waals surface area contributed by atoms with Gasteiger partial charge in [-0.1, -0.05) is 12.1 Å². The number of carboxylic acids is 1. The van der Waals surface area contributed by atoms with Gasteiger partial charge in [0.05, 0.1) is 0 Å². The number of aliphatic carboxylic acids is 1. The van der Waals surface area contributed by atoms with Crippen LogP contribution >= 0.6 is 0 Å². The molecular weight excluding hydrogens is 234 g/mol. The van der Waals surface area contributed by atoms with E-state index < -0.39 is 12.1 Å². The molecule has 1 atom stereocenters. The minimum absolute atomic E-state index is 0.101. The Kier molecular flexibility index (Phi) is 4.85. The summed E-state index contributed by atoms with van der Waals surface area (Å²) in [6, 6.07) is 5.97. The lowest BCUT2D eigenvalue weighted by molar-refractivity contribution is -0.146. The van der Waals surface area contributed by atoms with Gasteiger partial charge < -0.3 is 15.1 Å². The average molecular weight is 251 g/mol. The predicted octanol–water partition coefficient (Wildman–Crippen LogP) is 1.29. The van der Waals surface area contributed by atoms with Crippen LogP contribution in [0.15, 0.2) is 24.3 Å². The molecule has 0 bridgehead atoms. The minimum atomic E-state index is -1.55. The molecule has 0 aliphatic carbocycles. The van der Waals surface area contributed by atoms with E-state index in [4.69, 9.17) is 5.11 Å². The van der Waals surface area contributed by atoms with E-state index in [1.54, 1.807) is 4.90 Å². The van der Waals surface area contributed by atoms with Gasteiger partial charge in [-0.15, -0.1) is 0 Å². The lowest BCUT2D eigenvalue weighted by atomic mass is 10.1. The van der Waals surface area contributed by atoms with Gasteiger partial charge in [-0.3, -0.25) is 4.79 Å². The number of carboxylic acid groups (broad SMARTS) is 1. The maximum Gasteiger partial charge on any atom is 0.337 e. The summed E-state index contributed by atoms with van der Waals surface area (Å²) < 4.78 is 0. The van der Waals surface area contributed by atoms with Gasteiger partial charge in [0.25, 0.3) is 5.91 Å². The first-order chi connectivity index (χ1) is 8.51. The zero-order valence-corrected chi connectivity index (χ0v) is 10.5. The van der Waals surface area contributed by atoms with Crippen LogP contribution in [-0.2, 0) is 4.79 Å². The molecule has 1 aromatic carbocycles. The molecule has 0 spiro atoms. The number of carbonyl (C=O) groups excluding carboxylic acids is 1. The van der Waals surface area contributed by atoms with E-state index in [1.165, 1.54) is 24.3 Å². The van der Waals surface area contributed by atoms with Crippen LogP contribution in [0.1, 0.15) is 35.9 Å². The summed E-state index contributed by atoms with van der Waals surface area (Å²) in [5.41, 5.74) is 0.749. The summed E-state index contributed by atoms with van der Waals surface area (Å²) >= 11 is 0.